The van der Waals surface area contributed by atoms with E-state index in [9.17, 15) is 0 Å². The Morgan fingerprint density at radius 1 is 1.53 bits per heavy atom. The molecule has 1 aromatic carbocycles. The van der Waals surface area contributed by atoms with Gasteiger partial charge in [0.2, 0.25) is 0 Å². The van der Waals surface area contributed by atoms with Crippen LogP contribution >= 0.6 is 15.9 Å². The highest BCUT2D eigenvalue weighted by Gasteiger charge is 2.17. The molecule has 1 saturated heterocycles. The predicted molar refractivity (Wildman–Crippen MR) is 74.2 cm³/mol. The number of nitrogens with one attached hydrogen (secondary N) is 1. The molecular weight excluding hydrogens is 278 g/mol. The number of benzene rings is 1. The van der Waals surface area contributed by atoms with Crippen LogP contribution in [-0.4, -0.2) is 19.3 Å². The first-order valence-electron chi connectivity index (χ1n) is 6.40. The molecular formula is C14H20BrNO. The van der Waals surface area contributed by atoms with Gasteiger partial charge in [-0.15, -0.1) is 0 Å². The highest BCUT2D eigenvalue weighted by atomic mass is 79.9. The van der Waals surface area contributed by atoms with Crippen LogP contribution in [0.4, 0.5) is 0 Å². The molecule has 1 aliphatic heterocycles. The van der Waals surface area contributed by atoms with Crippen molar-refractivity contribution in [1.29, 1.82) is 0 Å². The molecule has 1 fully saturated rings. The van der Waals surface area contributed by atoms with Gasteiger partial charge in [0.15, 0.2) is 0 Å². The Kier molecular flexibility index (Phi) is 5.01. The molecule has 17 heavy (non-hydrogen) atoms. The van der Waals surface area contributed by atoms with Crippen LogP contribution in [0.25, 0.3) is 0 Å². The molecule has 1 heterocycles. The van der Waals surface area contributed by atoms with E-state index < -0.39 is 0 Å². The van der Waals surface area contributed by atoms with Gasteiger partial charge in [0.05, 0.1) is 6.10 Å². The highest BCUT2D eigenvalue weighted by Crippen LogP contribution is 2.21. The van der Waals surface area contributed by atoms with Crippen LogP contribution in [0.3, 0.4) is 0 Å². The van der Waals surface area contributed by atoms with Gasteiger partial charge < -0.3 is 10.1 Å². The molecule has 0 aliphatic carbocycles. The van der Waals surface area contributed by atoms with Crippen molar-refractivity contribution < 1.29 is 4.74 Å². The fourth-order valence-corrected chi connectivity index (χ4v) is 2.72. The molecule has 1 N–H and O–H groups in total. The second-order valence-corrected chi connectivity index (χ2v) is 5.47. The molecule has 3 heteroatoms. The Labute approximate surface area is 112 Å². The van der Waals surface area contributed by atoms with Crippen molar-refractivity contribution in [3.63, 3.8) is 0 Å². The van der Waals surface area contributed by atoms with Gasteiger partial charge in [-0.2, -0.15) is 0 Å². The SMILES string of the molecule is CCC(NCC1CCCO1)c1cccc(Br)c1. The standard InChI is InChI=1S/C14H20BrNO/c1-2-14(11-5-3-6-12(15)9-11)16-10-13-7-4-8-17-13/h3,5-6,9,13-14,16H,2,4,7-8,10H2,1H3. The molecule has 0 saturated carbocycles. The summed E-state index contributed by atoms with van der Waals surface area (Å²) >= 11 is 3.52. The summed E-state index contributed by atoms with van der Waals surface area (Å²) in [6, 6.07) is 8.96. The average Bonchev–Trinajstić information content (AvgIpc) is 2.83. The van der Waals surface area contributed by atoms with E-state index >= 15 is 0 Å². The first kappa shape index (κ1) is 13.1. The molecule has 2 rings (SSSR count). The topological polar surface area (TPSA) is 21.3 Å². The molecule has 2 atom stereocenters. The highest BCUT2D eigenvalue weighted by molar-refractivity contribution is 9.10. The number of hydrogen-bond acceptors (Lipinski definition) is 2. The van der Waals surface area contributed by atoms with Gasteiger partial charge in [0.25, 0.3) is 0 Å². The lowest BCUT2D eigenvalue weighted by Crippen LogP contribution is -2.29. The number of rotatable bonds is 5. The maximum atomic E-state index is 5.64. The summed E-state index contributed by atoms with van der Waals surface area (Å²) in [6.45, 7) is 4.11. The van der Waals surface area contributed by atoms with Gasteiger partial charge in [0, 0.05) is 23.7 Å². The van der Waals surface area contributed by atoms with Crippen molar-refractivity contribution in [2.45, 2.75) is 38.3 Å². The molecule has 1 aliphatic rings. The minimum Gasteiger partial charge on any atom is -0.377 e. The minimum atomic E-state index is 0.413. The fraction of sp³-hybridized carbons (Fsp3) is 0.571. The van der Waals surface area contributed by atoms with Gasteiger partial charge >= 0.3 is 0 Å². The van der Waals surface area contributed by atoms with Crippen molar-refractivity contribution in [2.24, 2.45) is 0 Å². The molecule has 0 bridgehead atoms. The van der Waals surface area contributed by atoms with Crippen LogP contribution in [0, 0.1) is 0 Å². The van der Waals surface area contributed by atoms with Crippen molar-refractivity contribution in [2.75, 3.05) is 13.2 Å². The average molecular weight is 298 g/mol. The molecule has 1 aromatic rings. The van der Waals surface area contributed by atoms with E-state index in [2.05, 4.69) is 52.4 Å². The second kappa shape index (κ2) is 6.53. The molecule has 0 aromatic heterocycles. The fourth-order valence-electron chi connectivity index (χ4n) is 2.30. The summed E-state index contributed by atoms with van der Waals surface area (Å²) in [5.41, 5.74) is 1.35. The summed E-state index contributed by atoms with van der Waals surface area (Å²) in [6.07, 6.45) is 3.92. The first-order chi connectivity index (χ1) is 8.29. The first-order valence-corrected chi connectivity index (χ1v) is 7.19. The minimum absolute atomic E-state index is 0.413. The van der Waals surface area contributed by atoms with Crippen LogP contribution in [0.15, 0.2) is 28.7 Å². The quantitative estimate of drug-likeness (QED) is 0.895. The van der Waals surface area contributed by atoms with Gasteiger partial charge in [-0.1, -0.05) is 35.0 Å². The molecule has 94 valence electrons. The predicted octanol–water partition coefficient (Wildman–Crippen LogP) is 3.67. The van der Waals surface area contributed by atoms with E-state index in [1.165, 1.54) is 18.4 Å². The Morgan fingerprint density at radius 2 is 2.41 bits per heavy atom. The van der Waals surface area contributed by atoms with Crippen LogP contribution in [-0.2, 0) is 4.74 Å². The van der Waals surface area contributed by atoms with Gasteiger partial charge in [0.1, 0.15) is 0 Å². The van der Waals surface area contributed by atoms with Gasteiger partial charge in [-0.3, -0.25) is 0 Å². The summed E-state index contributed by atoms with van der Waals surface area (Å²) in [7, 11) is 0. The van der Waals surface area contributed by atoms with Crippen molar-refractivity contribution >= 4 is 15.9 Å². The summed E-state index contributed by atoms with van der Waals surface area (Å²) in [5, 5.41) is 3.61. The van der Waals surface area contributed by atoms with Crippen LogP contribution in [0.2, 0.25) is 0 Å². The smallest absolute Gasteiger partial charge is 0.0700 e. The lowest BCUT2D eigenvalue weighted by atomic mass is 10.0. The maximum absolute atomic E-state index is 5.64. The molecule has 0 spiro atoms. The summed E-state index contributed by atoms with van der Waals surface area (Å²) in [4.78, 5) is 0. The summed E-state index contributed by atoms with van der Waals surface area (Å²) in [5.74, 6) is 0. The second-order valence-electron chi connectivity index (χ2n) is 4.56. The van der Waals surface area contributed by atoms with Gasteiger partial charge in [-0.25, -0.2) is 0 Å². The lowest BCUT2D eigenvalue weighted by Gasteiger charge is -2.20. The monoisotopic (exact) mass is 297 g/mol. The number of ether oxygens (including phenoxy) is 1. The Balaban J connectivity index is 1.91. The van der Waals surface area contributed by atoms with E-state index in [4.69, 9.17) is 4.74 Å². The third-order valence-corrected chi connectivity index (χ3v) is 3.77. The normalized spacial score (nSPS) is 21.6. The van der Waals surface area contributed by atoms with E-state index in [0.717, 1.165) is 24.0 Å². The molecule has 0 radical (unpaired) electrons. The van der Waals surface area contributed by atoms with E-state index in [1.54, 1.807) is 0 Å². The third-order valence-electron chi connectivity index (χ3n) is 3.28. The maximum Gasteiger partial charge on any atom is 0.0700 e. The van der Waals surface area contributed by atoms with Crippen LogP contribution in [0.1, 0.15) is 37.8 Å². The van der Waals surface area contributed by atoms with E-state index in [0.29, 0.717) is 12.1 Å². The zero-order valence-electron chi connectivity index (χ0n) is 10.3. The van der Waals surface area contributed by atoms with E-state index in [-0.39, 0.29) is 0 Å². The van der Waals surface area contributed by atoms with Crippen molar-refractivity contribution in [3.05, 3.63) is 34.3 Å². The molecule has 0 amide bonds. The number of hydrogen-bond donors (Lipinski definition) is 1. The molecule has 2 nitrogen and oxygen atoms in total. The Bertz CT molecular complexity index is 350. The Morgan fingerprint density at radius 3 is 3.06 bits per heavy atom. The third kappa shape index (κ3) is 3.80. The van der Waals surface area contributed by atoms with Crippen LogP contribution < -0.4 is 5.32 Å². The van der Waals surface area contributed by atoms with Crippen LogP contribution in [0.5, 0.6) is 0 Å². The van der Waals surface area contributed by atoms with Crippen molar-refractivity contribution in [1.82, 2.24) is 5.32 Å². The van der Waals surface area contributed by atoms with Crippen molar-refractivity contribution in [3.8, 4) is 0 Å². The Hall–Kier alpha value is -0.380. The van der Waals surface area contributed by atoms with E-state index in [1.807, 2.05) is 0 Å². The van der Waals surface area contributed by atoms with Gasteiger partial charge in [-0.05, 0) is 37.0 Å². The largest absolute Gasteiger partial charge is 0.377 e. The summed E-state index contributed by atoms with van der Waals surface area (Å²) < 4.78 is 6.78. The zero-order chi connectivity index (χ0) is 12.1. The molecule has 2 unspecified atom stereocenters. The number of halogens is 1. The lowest BCUT2D eigenvalue weighted by molar-refractivity contribution is 0.107. The zero-order valence-corrected chi connectivity index (χ0v) is 11.9.